The van der Waals surface area contributed by atoms with Crippen molar-refractivity contribution in [2.45, 2.75) is 194 Å². The predicted molar refractivity (Wildman–Crippen MR) is 358 cm³/mol. The Bertz CT molecular complexity index is 3080. The van der Waals surface area contributed by atoms with Gasteiger partial charge in [0.2, 0.25) is 41.4 Å². The number of ether oxygens (including phenoxy) is 3. The standard InChI is InChI=1S/C68H100N12O14S/c1-13-43(6)58(51(92-11)39-55(84)79-36-21-25-50(79)59(93-12)44(7)60(85)74-49(63-70-34-37-95-63)38-45-22-16-14-17-23-45)78(10)64(88)57(42(4)5)76-65(89)68(8,9)77-67(91)94-40-46-27-29-47(30-28-46)72-61(86)48(24-20-33-71-66(69)90)73-62(87)56(41(2)3)75-52(81)26-18-15-19-35-80-53(82)31-32-54(80)83/h14,16-17,22-23,27-32,34,37,41-44,48-51,56-59H,13,15,18-21,24-26,33,35-36,38-40H2,1-12H3,(H,72,86)(H,73,87)(H,74,85)(H,75,81)(H,76,89)(H,77,91)(H3,69,71,90)/t43-,44-,48-,49+,50?,51+,56-,57-,58?,59-/m1/s1. The first-order valence-corrected chi connectivity index (χ1v) is 33.7. The Labute approximate surface area is 562 Å². The summed E-state index contributed by atoms with van der Waals surface area (Å²) in [7, 11) is 4.69. The van der Waals surface area contributed by atoms with Crippen LogP contribution in [0.3, 0.4) is 0 Å². The summed E-state index contributed by atoms with van der Waals surface area (Å²) in [5.41, 5.74) is 5.54. The third-order valence-electron chi connectivity index (χ3n) is 17.5. The minimum Gasteiger partial charge on any atom is -0.445 e. The molecule has 26 nitrogen and oxygen atoms in total. The molecule has 2 aliphatic heterocycles. The largest absolute Gasteiger partial charge is 0.445 e. The lowest BCUT2D eigenvalue weighted by Gasteiger charge is -2.41. The van der Waals surface area contributed by atoms with Crippen molar-refractivity contribution in [3.8, 4) is 0 Å². The molecule has 2 aliphatic rings. The number of nitrogens with one attached hydrogen (secondary N) is 7. The number of amides is 12. The fourth-order valence-corrected chi connectivity index (χ4v) is 12.4. The quantitative estimate of drug-likeness (QED) is 0.0248. The molecule has 0 bridgehead atoms. The van der Waals surface area contributed by atoms with Crippen molar-refractivity contribution < 1.29 is 67.0 Å². The number of urea groups is 1. The van der Waals surface area contributed by atoms with Gasteiger partial charge in [-0.05, 0) is 99.8 Å². The molecule has 3 heterocycles. The molecule has 0 aliphatic carbocycles. The minimum atomic E-state index is -1.59. The number of likely N-dealkylation sites (N-methyl/N-ethyl adjacent to an activating group) is 1. The van der Waals surface area contributed by atoms with Gasteiger partial charge in [-0.3, -0.25) is 48.1 Å². The molecule has 522 valence electrons. The fraction of sp³-hybridized carbons (Fsp3) is 0.588. The number of imide groups is 1. The normalized spacial score (nSPS) is 16.8. The van der Waals surface area contributed by atoms with Crippen LogP contribution in [0.25, 0.3) is 0 Å². The molecule has 9 N–H and O–H groups in total. The van der Waals surface area contributed by atoms with Gasteiger partial charge >= 0.3 is 12.1 Å². The number of nitrogens with zero attached hydrogens (tertiary/aromatic N) is 4. The highest BCUT2D eigenvalue weighted by Gasteiger charge is 2.44. The average Bonchev–Trinajstić information content (AvgIpc) is 1.79. The van der Waals surface area contributed by atoms with Crippen LogP contribution in [-0.4, -0.2) is 174 Å². The molecule has 0 spiro atoms. The predicted octanol–water partition coefficient (Wildman–Crippen LogP) is 5.81. The summed E-state index contributed by atoms with van der Waals surface area (Å²) in [5.74, 6) is -5.48. The molecule has 3 aromatic rings. The molecule has 12 amide bonds. The Morgan fingerprint density at radius 3 is 2.06 bits per heavy atom. The number of rotatable bonds is 38. The minimum absolute atomic E-state index is 0.0789. The molecule has 10 atom stereocenters. The first-order valence-electron chi connectivity index (χ1n) is 32.8. The van der Waals surface area contributed by atoms with Gasteiger partial charge in [-0.1, -0.05) is 104 Å². The second-order valence-electron chi connectivity index (χ2n) is 25.7. The van der Waals surface area contributed by atoms with E-state index in [1.54, 1.807) is 82.1 Å². The highest BCUT2D eigenvalue weighted by Crippen LogP contribution is 2.31. The molecule has 0 saturated carbocycles. The van der Waals surface area contributed by atoms with Crippen molar-refractivity contribution in [2.24, 2.45) is 29.4 Å². The third-order valence-corrected chi connectivity index (χ3v) is 18.3. The van der Waals surface area contributed by atoms with Crippen molar-refractivity contribution >= 4 is 82.3 Å². The Kier molecular flexibility index (Phi) is 30.7. The number of thiazole rings is 1. The Hall–Kier alpha value is -8.30. The smallest absolute Gasteiger partial charge is 0.408 e. The van der Waals surface area contributed by atoms with Crippen molar-refractivity contribution in [3.05, 3.63) is 94.5 Å². The molecule has 2 aromatic carbocycles. The summed E-state index contributed by atoms with van der Waals surface area (Å²) < 4.78 is 17.7. The molecule has 1 fully saturated rings. The van der Waals surface area contributed by atoms with Gasteiger partial charge in [0.05, 0.1) is 42.7 Å². The number of methoxy groups -OCH3 is 2. The molecule has 95 heavy (non-hydrogen) atoms. The van der Waals surface area contributed by atoms with E-state index in [4.69, 9.17) is 19.9 Å². The van der Waals surface area contributed by atoms with Crippen molar-refractivity contribution in [1.82, 2.24) is 51.6 Å². The number of primary amides is 1. The van der Waals surface area contributed by atoms with E-state index in [2.05, 4.69) is 42.2 Å². The topological polar surface area (TPSA) is 348 Å². The molecule has 2 unspecified atom stereocenters. The Morgan fingerprint density at radius 2 is 1.46 bits per heavy atom. The average molecular weight is 1340 g/mol. The summed E-state index contributed by atoms with van der Waals surface area (Å²) in [6.07, 6.45) is 6.14. The van der Waals surface area contributed by atoms with Gasteiger partial charge in [-0.15, -0.1) is 11.3 Å². The number of hydrogen-bond donors (Lipinski definition) is 8. The number of carbonyl (C=O) groups is 11. The van der Waals surface area contributed by atoms with Gasteiger partial charge < -0.3 is 67.0 Å². The van der Waals surface area contributed by atoms with E-state index in [0.717, 1.165) is 15.5 Å². The highest BCUT2D eigenvalue weighted by molar-refractivity contribution is 7.09. The zero-order chi connectivity index (χ0) is 70.1. The van der Waals surface area contributed by atoms with Crippen molar-refractivity contribution in [2.75, 3.05) is 46.2 Å². The first kappa shape index (κ1) is 77.4. The maximum absolute atomic E-state index is 14.7. The second kappa shape index (κ2) is 37.7. The molecule has 1 aromatic heterocycles. The Morgan fingerprint density at radius 1 is 0.789 bits per heavy atom. The van der Waals surface area contributed by atoms with Gasteiger partial charge in [-0.2, -0.15) is 0 Å². The van der Waals surface area contributed by atoms with E-state index >= 15 is 0 Å². The Balaban J connectivity index is 1.15. The molecule has 27 heteroatoms. The number of likely N-dealkylation sites (tertiary alicyclic amines) is 1. The van der Waals surface area contributed by atoms with Crippen LogP contribution in [0, 0.1) is 23.7 Å². The number of benzene rings is 2. The van der Waals surface area contributed by atoms with Crippen molar-refractivity contribution in [1.29, 1.82) is 0 Å². The van der Waals surface area contributed by atoms with Gasteiger partial charge in [0.1, 0.15) is 35.3 Å². The number of nitrogens with two attached hydrogens (primary N) is 1. The maximum Gasteiger partial charge on any atom is 0.408 e. The SMILES string of the molecule is CC[C@@H](C)C([C@H](CC(=O)N1CCCC1[C@H](OC)[C@@H](C)C(=O)N[C@@H](Cc1ccccc1)c1nccs1)OC)N(C)C(=O)[C@H](NC(=O)C(C)(C)NC(=O)OCc1ccc(NC(=O)[C@@H](CCCNC(N)=O)NC(=O)[C@H](NC(=O)CCCCCN2C(=O)C=CC2=O)C(C)C)cc1)C(C)C. The zero-order valence-electron chi connectivity index (χ0n) is 57.0. The van der Waals surface area contributed by atoms with Crippen LogP contribution in [0.2, 0.25) is 0 Å². The van der Waals surface area contributed by atoms with Crippen LogP contribution < -0.4 is 43.0 Å². The van der Waals surface area contributed by atoms with E-state index in [-0.39, 0.29) is 92.8 Å². The lowest BCUT2D eigenvalue weighted by atomic mass is 9.89. The van der Waals surface area contributed by atoms with E-state index in [1.165, 1.54) is 44.4 Å². The van der Waals surface area contributed by atoms with Gasteiger partial charge in [0.25, 0.3) is 11.8 Å². The summed E-state index contributed by atoms with van der Waals surface area (Å²) in [5, 5.41) is 22.1. The van der Waals surface area contributed by atoms with Crippen LogP contribution in [0.15, 0.2) is 78.3 Å². The molecule has 5 rings (SSSR count). The number of hydrogen-bond acceptors (Lipinski definition) is 16. The maximum atomic E-state index is 14.7. The number of anilines is 1. The van der Waals surface area contributed by atoms with Crippen LogP contribution >= 0.6 is 11.3 Å². The lowest BCUT2D eigenvalue weighted by molar-refractivity contribution is -0.148. The van der Waals surface area contributed by atoms with Crippen LogP contribution in [0.4, 0.5) is 15.3 Å². The van der Waals surface area contributed by atoms with E-state index in [9.17, 15) is 52.7 Å². The van der Waals surface area contributed by atoms with Crippen LogP contribution in [0.1, 0.15) is 149 Å². The zero-order valence-corrected chi connectivity index (χ0v) is 57.8. The number of carbonyl (C=O) groups excluding carboxylic acids is 11. The first-order chi connectivity index (χ1) is 45.1. The summed E-state index contributed by atoms with van der Waals surface area (Å²) >= 11 is 1.47. The van der Waals surface area contributed by atoms with Gasteiger partial charge in [-0.25, -0.2) is 14.6 Å². The van der Waals surface area contributed by atoms with Crippen LogP contribution in [-0.2, 0) is 70.4 Å². The fourth-order valence-electron chi connectivity index (χ4n) is 11.7. The second-order valence-corrected chi connectivity index (χ2v) is 26.6. The molecule has 1 saturated heterocycles. The van der Waals surface area contributed by atoms with E-state index < -0.39 is 95.5 Å². The van der Waals surface area contributed by atoms with Crippen molar-refractivity contribution in [3.63, 3.8) is 0 Å². The van der Waals surface area contributed by atoms with Crippen LogP contribution in [0.5, 0.6) is 0 Å². The third kappa shape index (κ3) is 23.2. The number of unbranched alkanes of at least 4 members (excludes halogenated alkanes) is 2. The summed E-state index contributed by atoms with van der Waals surface area (Å²) in [6, 6.07) is 10.8. The van der Waals surface area contributed by atoms with E-state index in [1.807, 2.05) is 56.5 Å². The molecule has 0 radical (unpaired) electrons. The lowest BCUT2D eigenvalue weighted by Crippen LogP contribution is -2.62. The number of aromatic nitrogens is 1. The summed E-state index contributed by atoms with van der Waals surface area (Å²) in [4.78, 5) is 155. The molecular formula is C68H100N12O14S. The van der Waals surface area contributed by atoms with Gasteiger partial charge in [0.15, 0.2) is 0 Å². The monoisotopic (exact) mass is 1340 g/mol. The van der Waals surface area contributed by atoms with E-state index in [0.29, 0.717) is 62.7 Å². The highest BCUT2D eigenvalue weighted by atomic mass is 32.1. The number of alkyl carbamates (subject to hydrolysis) is 1. The summed E-state index contributed by atoms with van der Waals surface area (Å²) in [6.45, 7) is 16.3. The van der Waals surface area contributed by atoms with Gasteiger partial charge in [0, 0.05) is 76.7 Å². The molecular weight excluding hydrogens is 1240 g/mol.